The maximum absolute atomic E-state index is 13.3. The summed E-state index contributed by atoms with van der Waals surface area (Å²) in [7, 11) is 0. The van der Waals surface area contributed by atoms with Gasteiger partial charge < -0.3 is 14.5 Å². The number of rotatable bonds is 2. The van der Waals surface area contributed by atoms with Gasteiger partial charge in [0, 0.05) is 49.4 Å². The van der Waals surface area contributed by atoms with Gasteiger partial charge in [-0.25, -0.2) is 0 Å². The predicted molar refractivity (Wildman–Crippen MR) is 117 cm³/mol. The number of carbonyl (C=O) groups is 1. The van der Waals surface area contributed by atoms with Crippen LogP contribution in [0.1, 0.15) is 23.2 Å². The molecule has 2 aliphatic heterocycles. The molecule has 6 nitrogen and oxygen atoms in total. The van der Waals surface area contributed by atoms with E-state index in [1.54, 1.807) is 12.4 Å². The Kier molecular flexibility index (Phi) is 5.09. The molecule has 0 N–H and O–H groups in total. The Morgan fingerprint density at radius 1 is 1.07 bits per heavy atom. The minimum absolute atomic E-state index is 0.0597. The number of fused-ring (bicyclic) bond motifs is 1. The second-order valence-electron chi connectivity index (χ2n) is 8.43. The van der Waals surface area contributed by atoms with Gasteiger partial charge in [-0.15, -0.1) is 0 Å². The largest absolute Gasteiger partial charge is 0.379 e. The Labute approximate surface area is 176 Å². The molecule has 2 aromatic heterocycles. The number of pyridine rings is 2. The first-order valence-corrected chi connectivity index (χ1v) is 10.6. The summed E-state index contributed by atoms with van der Waals surface area (Å²) < 4.78 is 6.02. The number of anilines is 1. The van der Waals surface area contributed by atoms with E-state index in [4.69, 9.17) is 4.74 Å². The number of likely N-dealkylation sites (tertiary alicyclic amines) is 1. The number of amides is 1. The molecule has 0 saturated carbocycles. The summed E-state index contributed by atoms with van der Waals surface area (Å²) in [6.45, 7) is 4.58. The van der Waals surface area contributed by atoms with E-state index >= 15 is 0 Å². The summed E-state index contributed by atoms with van der Waals surface area (Å²) in [5, 5.41) is 0.996. The van der Waals surface area contributed by atoms with Crippen LogP contribution in [0, 0.1) is 5.41 Å². The summed E-state index contributed by atoms with van der Waals surface area (Å²) in [5.41, 5.74) is 2.62. The van der Waals surface area contributed by atoms with Crippen molar-refractivity contribution in [2.75, 3.05) is 44.3 Å². The molecule has 0 bridgehead atoms. The first-order valence-electron chi connectivity index (χ1n) is 10.6. The number of benzene rings is 1. The Morgan fingerprint density at radius 2 is 2.00 bits per heavy atom. The fourth-order valence-corrected chi connectivity index (χ4v) is 4.75. The van der Waals surface area contributed by atoms with Gasteiger partial charge in [-0.3, -0.25) is 14.8 Å². The number of ether oxygens (including phenoxy) is 1. The van der Waals surface area contributed by atoms with Gasteiger partial charge in [0.25, 0.3) is 5.91 Å². The molecule has 1 aromatic carbocycles. The Hall–Kier alpha value is -2.99. The van der Waals surface area contributed by atoms with Crippen molar-refractivity contribution in [1.29, 1.82) is 0 Å². The third kappa shape index (κ3) is 3.75. The lowest BCUT2D eigenvalue weighted by molar-refractivity contribution is 0.0135. The van der Waals surface area contributed by atoms with Crippen LogP contribution in [0.25, 0.3) is 10.9 Å². The summed E-state index contributed by atoms with van der Waals surface area (Å²) >= 11 is 0. The summed E-state index contributed by atoms with van der Waals surface area (Å²) in [6.07, 6.45) is 7.45. The van der Waals surface area contributed by atoms with Crippen molar-refractivity contribution in [3.05, 3.63) is 66.6 Å². The van der Waals surface area contributed by atoms with Crippen LogP contribution in [0.4, 0.5) is 5.69 Å². The van der Waals surface area contributed by atoms with Crippen LogP contribution in [0.15, 0.2) is 61.1 Å². The van der Waals surface area contributed by atoms with Gasteiger partial charge in [-0.05, 0) is 37.1 Å². The van der Waals surface area contributed by atoms with Gasteiger partial charge in [0.15, 0.2) is 0 Å². The Bertz CT molecular complexity index is 1040. The molecule has 154 valence electrons. The van der Waals surface area contributed by atoms with Gasteiger partial charge in [0.05, 0.1) is 36.2 Å². The number of nitrogens with zero attached hydrogens (tertiary/aromatic N) is 4. The first-order chi connectivity index (χ1) is 14.7. The molecule has 4 heterocycles. The van der Waals surface area contributed by atoms with Gasteiger partial charge >= 0.3 is 0 Å². The highest BCUT2D eigenvalue weighted by Gasteiger charge is 2.40. The molecule has 0 radical (unpaired) electrons. The van der Waals surface area contributed by atoms with E-state index in [1.165, 1.54) is 0 Å². The maximum Gasteiger partial charge on any atom is 0.255 e. The Morgan fingerprint density at radius 3 is 2.90 bits per heavy atom. The topological polar surface area (TPSA) is 58.6 Å². The molecule has 2 fully saturated rings. The van der Waals surface area contributed by atoms with Crippen molar-refractivity contribution in [3.8, 4) is 0 Å². The first kappa shape index (κ1) is 19.0. The number of piperidine rings is 1. The fraction of sp³-hybridized carbons (Fsp3) is 0.375. The highest BCUT2D eigenvalue weighted by molar-refractivity contribution is 5.97. The van der Waals surface area contributed by atoms with Gasteiger partial charge in [0.1, 0.15) is 0 Å². The summed E-state index contributed by atoms with van der Waals surface area (Å²) in [5.74, 6) is 0.0597. The molecule has 30 heavy (non-hydrogen) atoms. The maximum atomic E-state index is 13.3. The van der Waals surface area contributed by atoms with E-state index in [0.717, 1.165) is 49.1 Å². The van der Waals surface area contributed by atoms with E-state index in [2.05, 4.69) is 20.9 Å². The van der Waals surface area contributed by atoms with Crippen LogP contribution < -0.4 is 4.90 Å². The lowest BCUT2D eigenvalue weighted by Gasteiger charge is -2.44. The van der Waals surface area contributed by atoms with E-state index in [0.29, 0.717) is 25.3 Å². The minimum Gasteiger partial charge on any atom is -0.379 e. The standard InChI is InChI=1S/C24H26N4O2/c29-23(20-13-19-5-1-2-7-22(19)26-14-20)28-10-4-8-24(17-28)16-27(11-12-30-18-24)21-6-3-9-25-15-21/h1-3,5-7,9,13-15H,4,8,10-12,16-18H2. The number of carbonyl (C=O) groups excluding carboxylic acids is 1. The molecule has 1 atom stereocenters. The molecule has 6 heteroatoms. The quantitative estimate of drug-likeness (QED) is 0.658. The zero-order valence-electron chi connectivity index (χ0n) is 17.0. The highest BCUT2D eigenvalue weighted by Crippen LogP contribution is 2.35. The number of hydrogen-bond acceptors (Lipinski definition) is 5. The van der Waals surface area contributed by atoms with E-state index < -0.39 is 0 Å². The average molecular weight is 402 g/mol. The molecule has 1 amide bonds. The minimum atomic E-state index is -0.0650. The van der Waals surface area contributed by atoms with E-state index in [-0.39, 0.29) is 11.3 Å². The monoisotopic (exact) mass is 402 g/mol. The third-order valence-electron chi connectivity index (χ3n) is 6.24. The second-order valence-corrected chi connectivity index (χ2v) is 8.43. The van der Waals surface area contributed by atoms with Gasteiger partial charge in [-0.2, -0.15) is 0 Å². The van der Waals surface area contributed by atoms with Crippen molar-refractivity contribution in [2.45, 2.75) is 12.8 Å². The molecule has 3 aromatic rings. The smallest absolute Gasteiger partial charge is 0.255 e. The normalized spacial score (nSPS) is 22.3. The highest BCUT2D eigenvalue weighted by atomic mass is 16.5. The second kappa shape index (κ2) is 8.03. The van der Waals surface area contributed by atoms with Crippen molar-refractivity contribution >= 4 is 22.5 Å². The molecule has 5 rings (SSSR count). The summed E-state index contributed by atoms with van der Waals surface area (Å²) in [6, 6.07) is 13.9. The van der Waals surface area contributed by atoms with E-state index in [1.807, 2.05) is 47.5 Å². The van der Waals surface area contributed by atoms with Crippen molar-refractivity contribution in [2.24, 2.45) is 5.41 Å². The van der Waals surface area contributed by atoms with Crippen LogP contribution in [-0.4, -0.2) is 60.2 Å². The summed E-state index contributed by atoms with van der Waals surface area (Å²) in [4.78, 5) is 26.4. The molecule has 2 aliphatic rings. The van der Waals surface area contributed by atoms with Crippen LogP contribution in [0.5, 0.6) is 0 Å². The van der Waals surface area contributed by atoms with Crippen molar-refractivity contribution in [3.63, 3.8) is 0 Å². The molecule has 2 saturated heterocycles. The van der Waals surface area contributed by atoms with Gasteiger partial charge in [-0.1, -0.05) is 18.2 Å². The SMILES string of the molecule is O=C(c1cnc2ccccc2c1)N1CCCC2(COCCN(c3cccnc3)C2)C1. The van der Waals surface area contributed by atoms with E-state index in [9.17, 15) is 4.79 Å². The van der Waals surface area contributed by atoms with Gasteiger partial charge in [0.2, 0.25) is 0 Å². The van der Waals surface area contributed by atoms with Crippen molar-refractivity contribution < 1.29 is 9.53 Å². The van der Waals surface area contributed by atoms with Crippen LogP contribution >= 0.6 is 0 Å². The molecular weight excluding hydrogens is 376 g/mol. The van der Waals surface area contributed by atoms with Crippen LogP contribution in [0.2, 0.25) is 0 Å². The molecule has 1 spiro atoms. The molecule has 0 aliphatic carbocycles. The zero-order chi connectivity index (χ0) is 20.4. The fourth-order valence-electron chi connectivity index (χ4n) is 4.75. The third-order valence-corrected chi connectivity index (χ3v) is 6.24. The number of para-hydroxylation sites is 1. The molecular formula is C24H26N4O2. The molecule has 1 unspecified atom stereocenters. The predicted octanol–water partition coefficient (Wildman–Crippen LogP) is 3.39. The Balaban J connectivity index is 1.38. The van der Waals surface area contributed by atoms with Crippen LogP contribution in [-0.2, 0) is 4.74 Å². The van der Waals surface area contributed by atoms with Crippen LogP contribution in [0.3, 0.4) is 0 Å². The zero-order valence-corrected chi connectivity index (χ0v) is 17.0. The number of aromatic nitrogens is 2. The lowest BCUT2D eigenvalue weighted by atomic mass is 9.79. The van der Waals surface area contributed by atoms with Crippen molar-refractivity contribution in [1.82, 2.24) is 14.9 Å². The number of hydrogen-bond donors (Lipinski definition) is 0. The average Bonchev–Trinajstić information content (AvgIpc) is 3.01. The lowest BCUT2D eigenvalue weighted by Crippen LogP contribution is -2.52.